The van der Waals surface area contributed by atoms with Crippen molar-refractivity contribution in [3.63, 3.8) is 0 Å². The van der Waals surface area contributed by atoms with Crippen molar-refractivity contribution in [1.82, 2.24) is 0 Å². The predicted octanol–water partition coefficient (Wildman–Crippen LogP) is 3.80. The molecule has 0 spiro atoms. The van der Waals surface area contributed by atoms with E-state index in [0.29, 0.717) is 27.7 Å². The number of rotatable bonds is 5. The highest BCUT2D eigenvalue weighted by atomic mass is 35.5. The Morgan fingerprint density at radius 3 is 2.11 bits per heavy atom. The molecule has 9 heteroatoms. The van der Waals surface area contributed by atoms with Crippen molar-refractivity contribution < 1.29 is 22.5 Å². The third-order valence-corrected chi connectivity index (χ3v) is 5.72. The number of benzene rings is 2. The van der Waals surface area contributed by atoms with Crippen LogP contribution in [0.5, 0.6) is 11.5 Å². The van der Waals surface area contributed by atoms with E-state index in [1.54, 1.807) is 42.5 Å². The maximum atomic E-state index is 11.6. The molecule has 0 aliphatic carbocycles. The van der Waals surface area contributed by atoms with Crippen molar-refractivity contribution in [2.75, 3.05) is 11.0 Å². The number of sulfonamides is 1. The third-order valence-electron chi connectivity index (χ3n) is 4.86. The van der Waals surface area contributed by atoms with Gasteiger partial charge in [0, 0.05) is 16.2 Å². The smallest absolute Gasteiger partial charge is 0.458 e. The molecule has 1 heterocycles. The topological polar surface area (TPSA) is 73.9 Å². The summed E-state index contributed by atoms with van der Waals surface area (Å²) in [6.07, 6.45) is 1.10. The van der Waals surface area contributed by atoms with Crippen LogP contribution in [-0.2, 0) is 19.3 Å². The second-order valence-electron chi connectivity index (χ2n) is 7.77. The van der Waals surface area contributed by atoms with Gasteiger partial charge in [0.05, 0.1) is 17.5 Å². The van der Waals surface area contributed by atoms with Gasteiger partial charge in [-0.05, 0) is 70.2 Å². The maximum Gasteiger partial charge on any atom is 0.498 e. The summed E-state index contributed by atoms with van der Waals surface area (Å²) in [6, 6.07) is 11.9. The predicted molar refractivity (Wildman–Crippen MR) is 112 cm³/mol. The van der Waals surface area contributed by atoms with Crippen LogP contribution in [0.1, 0.15) is 27.7 Å². The zero-order valence-electron chi connectivity index (χ0n) is 16.4. The fourth-order valence-corrected chi connectivity index (χ4v) is 3.38. The van der Waals surface area contributed by atoms with E-state index in [0.717, 1.165) is 6.26 Å². The summed E-state index contributed by atoms with van der Waals surface area (Å²) in [5, 5.41) is 0.603. The molecule has 2 aromatic carbocycles. The van der Waals surface area contributed by atoms with E-state index in [1.165, 1.54) is 0 Å². The van der Waals surface area contributed by atoms with Crippen LogP contribution in [0.2, 0.25) is 5.02 Å². The van der Waals surface area contributed by atoms with Gasteiger partial charge in [0.15, 0.2) is 0 Å². The molecule has 3 rings (SSSR count). The number of ether oxygens (including phenoxy) is 1. The Morgan fingerprint density at radius 2 is 1.57 bits per heavy atom. The molecule has 0 amide bonds. The first-order valence-corrected chi connectivity index (χ1v) is 11.0. The highest BCUT2D eigenvalue weighted by Gasteiger charge is 2.52. The largest absolute Gasteiger partial charge is 0.498 e. The molecule has 0 radical (unpaired) electrons. The molecule has 150 valence electrons. The zero-order valence-corrected chi connectivity index (χ0v) is 18.0. The Hall–Kier alpha value is -1.74. The van der Waals surface area contributed by atoms with Gasteiger partial charge in [0.1, 0.15) is 11.5 Å². The van der Waals surface area contributed by atoms with Crippen LogP contribution in [0.4, 0.5) is 5.69 Å². The van der Waals surface area contributed by atoms with Gasteiger partial charge in [-0.15, -0.1) is 0 Å². The van der Waals surface area contributed by atoms with E-state index in [1.807, 2.05) is 27.7 Å². The molecule has 1 fully saturated rings. The summed E-state index contributed by atoms with van der Waals surface area (Å²) in [7, 11) is -4.14. The van der Waals surface area contributed by atoms with Crippen LogP contribution in [-0.4, -0.2) is 33.0 Å². The molecule has 28 heavy (non-hydrogen) atoms. The first kappa shape index (κ1) is 21.0. The van der Waals surface area contributed by atoms with E-state index in [2.05, 4.69) is 4.72 Å². The molecule has 0 saturated carbocycles. The molecule has 0 bridgehead atoms. The molecule has 6 nitrogen and oxygen atoms in total. The van der Waals surface area contributed by atoms with Crippen LogP contribution in [0.3, 0.4) is 0 Å². The van der Waals surface area contributed by atoms with E-state index >= 15 is 0 Å². The lowest BCUT2D eigenvalue weighted by molar-refractivity contribution is 0.00578. The fraction of sp³-hybridized carbons (Fsp3) is 0.368. The van der Waals surface area contributed by atoms with Gasteiger partial charge >= 0.3 is 7.12 Å². The van der Waals surface area contributed by atoms with Crippen LogP contribution < -0.4 is 14.9 Å². The third kappa shape index (κ3) is 4.63. The average molecular weight is 424 g/mol. The first-order chi connectivity index (χ1) is 12.9. The van der Waals surface area contributed by atoms with Crippen LogP contribution in [0.15, 0.2) is 42.5 Å². The Labute approximate surface area is 171 Å². The Balaban J connectivity index is 2.00. The highest BCUT2D eigenvalue weighted by molar-refractivity contribution is 7.92. The molecule has 1 aliphatic rings. The minimum atomic E-state index is -3.43. The van der Waals surface area contributed by atoms with Crippen LogP contribution in [0.25, 0.3) is 0 Å². The summed E-state index contributed by atoms with van der Waals surface area (Å²) in [6.45, 7) is 7.80. The minimum absolute atomic E-state index is 0.399. The van der Waals surface area contributed by atoms with Crippen molar-refractivity contribution in [3.05, 3.63) is 47.5 Å². The molecule has 1 N–H and O–H groups in total. The lowest BCUT2D eigenvalue weighted by Gasteiger charge is -2.32. The molecule has 0 unspecified atom stereocenters. The van der Waals surface area contributed by atoms with Crippen LogP contribution in [0, 0.1) is 0 Å². The van der Waals surface area contributed by atoms with Gasteiger partial charge in [-0.2, -0.15) is 0 Å². The number of hydrogen-bond donors (Lipinski definition) is 1. The summed E-state index contributed by atoms with van der Waals surface area (Å²) >= 11 is 5.93. The lowest BCUT2D eigenvalue weighted by atomic mass is 9.78. The van der Waals surface area contributed by atoms with Crippen LogP contribution >= 0.6 is 11.6 Å². The molecule has 2 aromatic rings. The van der Waals surface area contributed by atoms with Gasteiger partial charge in [-0.3, -0.25) is 4.72 Å². The van der Waals surface area contributed by atoms with Gasteiger partial charge < -0.3 is 14.0 Å². The van der Waals surface area contributed by atoms with Crippen molar-refractivity contribution >= 4 is 39.9 Å². The Bertz CT molecular complexity index is 960. The number of hydrogen-bond acceptors (Lipinski definition) is 5. The number of halogens is 1. The summed E-state index contributed by atoms with van der Waals surface area (Å²) in [5.41, 5.74) is -0.108. The van der Waals surface area contributed by atoms with Crippen molar-refractivity contribution in [2.24, 2.45) is 0 Å². The zero-order chi connectivity index (χ0) is 20.7. The average Bonchev–Trinajstić information content (AvgIpc) is 2.77. The SMILES string of the molecule is CC1(C)OB(c2cc(NS(C)(=O)=O)ccc2Oc2ccc(Cl)cc2)OC1(C)C. The summed E-state index contributed by atoms with van der Waals surface area (Å²) in [5.74, 6) is 1.09. The monoisotopic (exact) mass is 423 g/mol. The number of nitrogens with one attached hydrogen (secondary N) is 1. The number of anilines is 1. The minimum Gasteiger partial charge on any atom is -0.458 e. The lowest BCUT2D eigenvalue weighted by Crippen LogP contribution is -2.41. The standard InChI is InChI=1S/C19H23BClNO5S/c1-18(2)19(3,4)27-20(26-18)16-12-14(22-28(5,23)24)8-11-17(16)25-15-9-6-13(21)7-10-15/h6-12,22H,1-5H3. The van der Waals surface area contributed by atoms with Crippen molar-refractivity contribution in [3.8, 4) is 11.5 Å². The van der Waals surface area contributed by atoms with E-state index < -0.39 is 28.3 Å². The van der Waals surface area contributed by atoms with E-state index in [-0.39, 0.29) is 0 Å². The van der Waals surface area contributed by atoms with Gasteiger partial charge in [0.25, 0.3) is 0 Å². The fourth-order valence-electron chi connectivity index (χ4n) is 2.70. The quantitative estimate of drug-likeness (QED) is 0.740. The molecule has 0 atom stereocenters. The molecule has 1 saturated heterocycles. The van der Waals surface area contributed by atoms with Crippen molar-refractivity contribution in [1.29, 1.82) is 0 Å². The summed E-state index contributed by atoms with van der Waals surface area (Å²) < 4.78 is 44.0. The van der Waals surface area contributed by atoms with E-state index in [9.17, 15) is 8.42 Å². The molecule has 0 aromatic heterocycles. The molecular formula is C19H23BClNO5S. The van der Waals surface area contributed by atoms with Gasteiger partial charge in [-0.25, -0.2) is 8.42 Å². The molecular weight excluding hydrogens is 401 g/mol. The Morgan fingerprint density at radius 1 is 1.00 bits per heavy atom. The normalized spacial score (nSPS) is 18.1. The van der Waals surface area contributed by atoms with E-state index in [4.69, 9.17) is 25.6 Å². The molecule has 1 aliphatic heterocycles. The van der Waals surface area contributed by atoms with Crippen molar-refractivity contribution in [2.45, 2.75) is 38.9 Å². The highest BCUT2D eigenvalue weighted by Crippen LogP contribution is 2.38. The summed E-state index contributed by atoms with van der Waals surface area (Å²) in [4.78, 5) is 0. The van der Waals surface area contributed by atoms with Gasteiger partial charge in [0.2, 0.25) is 10.0 Å². The second-order valence-corrected chi connectivity index (χ2v) is 9.96. The maximum absolute atomic E-state index is 11.6. The van der Waals surface area contributed by atoms with Gasteiger partial charge in [-0.1, -0.05) is 11.6 Å². The second kappa shape index (κ2) is 7.26. The Kier molecular flexibility index (Phi) is 5.44. The first-order valence-electron chi connectivity index (χ1n) is 8.77.